The molecule has 1 heterocycles. The van der Waals surface area contributed by atoms with Crippen LogP contribution in [-0.2, 0) is 9.53 Å². The monoisotopic (exact) mass is 184 g/mol. The molecule has 0 aromatic carbocycles. The SMILES string of the molecule is CC12CC[C@@](C(=O)O)(OC1)C2(C)C. The molecule has 1 aliphatic carbocycles. The van der Waals surface area contributed by atoms with E-state index in [0.29, 0.717) is 13.0 Å². The number of carboxylic acid groups (broad SMARTS) is 1. The van der Waals surface area contributed by atoms with Crippen LogP contribution in [0.3, 0.4) is 0 Å². The Kier molecular flexibility index (Phi) is 1.44. The second-order valence-corrected chi connectivity index (χ2v) is 5.11. The van der Waals surface area contributed by atoms with Crippen LogP contribution in [0.5, 0.6) is 0 Å². The third-order valence-electron chi connectivity index (χ3n) is 4.53. The Hall–Kier alpha value is -0.570. The molecule has 3 heteroatoms. The lowest BCUT2D eigenvalue weighted by Gasteiger charge is -2.35. The van der Waals surface area contributed by atoms with Gasteiger partial charge in [-0.05, 0) is 18.3 Å². The average molecular weight is 184 g/mol. The lowest BCUT2D eigenvalue weighted by atomic mass is 9.67. The Morgan fingerprint density at radius 2 is 1.92 bits per heavy atom. The lowest BCUT2D eigenvalue weighted by molar-refractivity contribution is -0.168. The van der Waals surface area contributed by atoms with Gasteiger partial charge in [0.25, 0.3) is 0 Å². The van der Waals surface area contributed by atoms with Gasteiger partial charge < -0.3 is 9.84 Å². The van der Waals surface area contributed by atoms with Crippen molar-refractivity contribution in [1.82, 2.24) is 0 Å². The predicted octanol–water partition coefficient (Wildman–Crippen LogP) is 1.67. The van der Waals surface area contributed by atoms with Gasteiger partial charge in [0.1, 0.15) is 0 Å². The van der Waals surface area contributed by atoms with E-state index in [-0.39, 0.29) is 10.8 Å². The van der Waals surface area contributed by atoms with E-state index in [2.05, 4.69) is 6.92 Å². The standard InChI is InChI=1S/C10H16O3/c1-8(2)9(3)4-5-10(8,7(11)12)13-6-9/h4-6H2,1-3H3,(H,11,12)/t9?,10-/m0/s1. The first-order chi connectivity index (χ1) is 5.86. The molecule has 1 saturated carbocycles. The second kappa shape index (κ2) is 2.08. The summed E-state index contributed by atoms with van der Waals surface area (Å²) in [7, 11) is 0. The summed E-state index contributed by atoms with van der Waals surface area (Å²) >= 11 is 0. The molecule has 0 radical (unpaired) electrons. The van der Waals surface area contributed by atoms with Crippen LogP contribution in [0, 0.1) is 10.8 Å². The minimum absolute atomic E-state index is 0.0470. The van der Waals surface area contributed by atoms with E-state index in [9.17, 15) is 9.90 Å². The van der Waals surface area contributed by atoms with E-state index in [1.807, 2.05) is 13.8 Å². The smallest absolute Gasteiger partial charge is 0.336 e. The molecule has 1 N–H and O–H groups in total. The molecule has 0 aromatic heterocycles. The number of ether oxygens (including phenoxy) is 1. The van der Waals surface area contributed by atoms with Gasteiger partial charge in [-0.2, -0.15) is 0 Å². The average Bonchev–Trinajstić information content (AvgIpc) is 2.34. The Morgan fingerprint density at radius 3 is 2.08 bits per heavy atom. The topological polar surface area (TPSA) is 46.5 Å². The van der Waals surface area contributed by atoms with Gasteiger partial charge in [0, 0.05) is 5.41 Å². The number of hydrogen-bond donors (Lipinski definition) is 1. The fourth-order valence-electron chi connectivity index (χ4n) is 2.79. The highest BCUT2D eigenvalue weighted by Gasteiger charge is 2.70. The first-order valence-electron chi connectivity index (χ1n) is 4.73. The Morgan fingerprint density at radius 1 is 1.31 bits per heavy atom. The predicted molar refractivity (Wildman–Crippen MR) is 47.4 cm³/mol. The maximum Gasteiger partial charge on any atom is 0.336 e. The van der Waals surface area contributed by atoms with E-state index in [1.165, 1.54) is 0 Å². The highest BCUT2D eigenvalue weighted by Crippen LogP contribution is 2.64. The van der Waals surface area contributed by atoms with Gasteiger partial charge in [-0.25, -0.2) is 4.79 Å². The van der Waals surface area contributed by atoms with E-state index in [0.717, 1.165) is 6.42 Å². The summed E-state index contributed by atoms with van der Waals surface area (Å²) < 4.78 is 5.52. The van der Waals surface area contributed by atoms with Crippen molar-refractivity contribution in [2.75, 3.05) is 6.61 Å². The summed E-state index contributed by atoms with van der Waals surface area (Å²) in [6, 6.07) is 0. The number of carboxylic acids is 1. The number of rotatable bonds is 1. The molecule has 2 bridgehead atoms. The van der Waals surface area contributed by atoms with Gasteiger partial charge in [0.05, 0.1) is 6.61 Å². The third kappa shape index (κ3) is 0.725. The molecule has 1 unspecified atom stereocenters. The fraction of sp³-hybridized carbons (Fsp3) is 0.900. The summed E-state index contributed by atoms with van der Waals surface area (Å²) in [5.41, 5.74) is -1.11. The van der Waals surface area contributed by atoms with Crippen LogP contribution in [-0.4, -0.2) is 23.3 Å². The van der Waals surface area contributed by atoms with Crippen molar-refractivity contribution in [3.8, 4) is 0 Å². The zero-order chi connectivity index (χ0) is 9.91. The third-order valence-corrected chi connectivity index (χ3v) is 4.53. The van der Waals surface area contributed by atoms with E-state index >= 15 is 0 Å². The molecule has 1 aliphatic heterocycles. The van der Waals surface area contributed by atoms with Gasteiger partial charge in [-0.3, -0.25) is 0 Å². The molecule has 0 aromatic rings. The van der Waals surface area contributed by atoms with Gasteiger partial charge in [0.15, 0.2) is 5.60 Å². The number of aliphatic carboxylic acids is 1. The maximum absolute atomic E-state index is 11.2. The van der Waals surface area contributed by atoms with E-state index in [1.54, 1.807) is 0 Å². The molecule has 13 heavy (non-hydrogen) atoms. The second-order valence-electron chi connectivity index (χ2n) is 5.11. The fourth-order valence-corrected chi connectivity index (χ4v) is 2.79. The summed E-state index contributed by atoms with van der Waals surface area (Å²) in [5.74, 6) is -0.793. The minimum atomic E-state index is -0.915. The summed E-state index contributed by atoms with van der Waals surface area (Å²) in [4.78, 5) is 11.2. The highest BCUT2D eigenvalue weighted by molar-refractivity contribution is 5.80. The Bertz CT molecular complexity index is 259. The largest absolute Gasteiger partial charge is 0.479 e. The van der Waals surface area contributed by atoms with Crippen molar-refractivity contribution in [2.45, 2.75) is 39.2 Å². The Balaban J connectivity index is 2.50. The van der Waals surface area contributed by atoms with Crippen LogP contribution in [0.2, 0.25) is 0 Å². The number of hydrogen-bond acceptors (Lipinski definition) is 2. The summed E-state index contributed by atoms with van der Waals surface area (Å²) in [5, 5.41) is 9.22. The molecular weight excluding hydrogens is 168 g/mol. The Labute approximate surface area is 78.1 Å². The lowest BCUT2D eigenvalue weighted by Crippen LogP contribution is -2.47. The van der Waals surface area contributed by atoms with Crippen molar-refractivity contribution >= 4 is 5.97 Å². The molecule has 2 aliphatic rings. The quantitative estimate of drug-likeness (QED) is 0.674. The zero-order valence-corrected chi connectivity index (χ0v) is 8.39. The molecule has 0 spiro atoms. The summed E-state index contributed by atoms with van der Waals surface area (Å²) in [6.45, 7) is 6.75. The molecule has 2 fully saturated rings. The van der Waals surface area contributed by atoms with Gasteiger partial charge >= 0.3 is 5.97 Å². The van der Waals surface area contributed by atoms with Crippen LogP contribution in [0.25, 0.3) is 0 Å². The van der Waals surface area contributed by atoms with Crippen molar-refractivity contribution in [3.63, 3.8) is 0 Å². The van der Waals surface area contributed by atoms with Crippen molar-refractivity contribution in [2.24, 2.45) is 10.8 Å². The molecule has 3 nitrogen and oxygen atoms in total. The van der Waals surface area contributed by atoms with Crippen LogP contribution in [0.1, 0.15) is 33.6 Å². The first-order valence-corrected chi connectivity index (χ1v) is 4.73. The van der Waals surface area contributed by atoms with Gasteiger partial charge in [0.2, 0.25) is 0 Å². The highest BCUT2D eigenvalue weighted by atomic mass is 16.5. The van der Waals surface area contributed by atoms with Crippen LogP contribution < -0.4 is 0 Å². The molecule has 74 valence electrons. The van der Waals surface area contributed by atoms with E-state index < -0.39 is 11.6 Å². The minimum Gasteiger partial charge on any atom is -0.479 e. The molecule has 2 rings (SSSR count). The maximum atomic E-state index is 11.2. The molecule has 0 amide bonds. The van der Waals surface area contributed by atoms with E-state index in [4.69, 9.17) is 4.74 Å². The van der Waals surface area contributed by atoms with Gasteiger partial charge in [-0.15, -0.1) is 0 Å². The zero-order valence-electron chi connectivity index (χ0n) is 8.39. The molecule has 1 saturated heterocycles. The summed E-state index contributed by atoms with van der Waals surface area (Å²) in [6.07, 6.45) is 1.62. The van der Waals surface area contributed by atoms with Crippen molar-refractivity contribution in [3.05, 3.63) is 0 Å². The first kappa shape index (κ1) is 9.00. The van der Waals surface area contributed by atoms with Crippen LogP contribution in [0.15, 0.2) is 0 Å². The number of carbonyl (C=O) groups is 1. The van der Waals surface area contributed by atoms with Crippen molar-refractivity contribution in [1.29, 1.82) is 0 Å². The molecular formula is C10H16O3. The van der Waals surface area contributed by atoms with Gasteiger partial charge in [-0.1, -0.05) is 20.8 Å². The van der Waals surface area contributed by atoms with Crippen LogP contribution >= 0.6 is 0 Å². The van der Waals surface area contributed by atoms with Crippen LogP contribution in [0.4, 0.5) is 0 Å². The number of fused-ring (bicyclic) bond motifs is 2. The normalized spacial score (nSPS) is 46.7. The van der Waals surface area contributed by atoms with Crippen molar-refractivity contribution < 1.29 is 14.6 Å². The molecule has 2 atom stereocenters.